The number of benzene rings is 1. The van der Waals surface area contributed by atoms with Crippen LogP contribution in [0.3, 0.4) is 0 Å². The van der Waals surface area contributed by atoms with E-state index in [9.17, 15) is 9.59 Å². The second-order valence-corrected chi connectivity index (χ2v) is 8.95. The van der Waals surface area contributed by atoms with Crippen molar-refractivity contribution < 1.29 is 33.3 Å². The van der Waals surface area contributed by atoms with Gasteiger partial charge in [0.1, 0.15) is 5.82 Å². The Bertz CT molecular complexity index is 1330. The van der Waals surface area contributed by atoms with E-state index in [-0.39, 0.29) is 23.2 Å². The molecule has 0 saturated carbocycles. The molecule has 1 aromatic carbocycles. The first-order valence-electron chi connectivity index (χ1n) is 12.0. The van der Waals surface area contributed by atoms with Crippen LogP contribution in [0.25, 0.3) is 0 Å². The van der Waals surface area contributed by atoms with E-state index in [1.54, 1.807) is 21.3 Å². The third-order valence-electron chi connectivity index (χ3n) is 6.75. The molecule has 1 fully saturated rings. The molecule has 1 aliphatic carbocycles. The van der Waals surface area contributed by atoms with E-state index in [2.05, 4.69) is 5.32 Å². The van der Waals surface area contributed by atoms with E-state index in [1.165, 1.54) is 12.1 Å². The van der Waals surface area contributed by atoms with Gasteiger partial charge in [0.05, 0.1) is 27.0 Å². The summed E-state index contributed by atoms with van der Waals surface area (Å²) >= 11 is 0. The number of hydrogen-bond acceptors (Lipinski definition) is 10. The van der Waals surface area contributed by atoms with Crippen molar-refractivity contribution in [3.8, 4) is 17.2 Å². The number of aromatic carboxylic acids is 1. The topological polar surface area (TPSA) is 136 Å². The molecular weight excluding hydrogens is 480 g/mol. The van der Waals surface area contributed by atoms with Crippen molar-refractivity contribution in [1.29, 1.82) is 0 Å². The van der Waals surface area contributed by atoms with E-state index in [1.807, 2.05) is 17.0 Å². The first-order chi connectivity index (χ1) is 17.9. The highest BCUT2D eigenvalue weighted by atomic mass is 16.5. The van der Waals surface area contributed by atoms with Crippen molar-refractivity contribution in [1.82, 2.24) is 9.97 Å². The molecule has 1 aliphatic heterocycles. The van der Waals surface area contributed by atoms with Crippen LogP contribution >= 0.6 is 0 Å². The van der Waals surface area contributed by atoms with Gasteiger partial charge in [-0.25, -0.2) is 9.78 Å². The Labute approximate surface area is 213 Å². The lowest BCUT2D eigenvalue weighted by molar-refractivity contribution is 0.0659. The maximum atomic E-state index is 12.9. The molecule has 1 unspecified atom stereocenters. The van der Waals surface area contributed by atoms with Gasteiger partial charge in [0.2, 0.25) is 23.2 Å². The SMILES string of the molecule is COc1cc(Nc2nc(N3CCC(C(=O)c4ccc(C(=O)O)o4)C3)nc3c2CCC3)cc(OC)c1OC. The number of carbonyl (C=O) groups excluding carboxylic acids is 1. The number of Topliss-reactive ketones (excluding diaryl/α,β-unsaturated/α-hetero) is 1. The van der Waals surface area contributed by atoms with Crippen molar-refractivity contribution >= 4 is 29.2 Å². The molecule has 0 amide bonds. The van der Waals surface area contributed by atoms with Crippen LogP contribution in [0.15, 0.2) is 28.7 Å². The van der Waals surface area contributed by atoms with Gasteiger partial charge in [0.25, 0.3) is 0 Å². The second kappa shape index (κ2) is 10.00. The smallest absolute Gasteiger partial charge is 0.371 e. The second-order valence-electron chi connectivity index (χ2n) is 8.95. The number of furan rings is 1. The van der Waals surface area contributed by atoms with Gasteiger partial charge in [-0.3, -0.25) is 4.79 Å². The zero-order valence-electron chi connectivity index (χ0n) is 20.9. The van der Waals surface area contributed by atoms with Crippen LogP contribution in [-0.4, -0.2) is 61.2 Å². The standard InChI is InChI=1S/C26H28N4O7/c1-34-20-11-15(12-21(35-2)23(20)36-3)27-24-16-5-4-6-17(16)28-26(29-24)30-10-9-14(13-30)22(31)18-7-8-19(37-18)25(32)33/h7-8,11-12,14H,4-6,9-10,13H2,1-3H3,(H,32,33)(H,27,28,29). The summed E-state index contributed by atoms with van der Waals surface area (Å²) in [5.41, 5.74) is 2.79. The fraction of sp³-hybridized carbons (Fsp3) is 0.385. The minimum Gasteiger partial charge on any atom is -0.493 e. The third kappa shape index (κ3) is 4.64. The summed E-state index contributed by atoms with van der Waals surface area (Å²) in [7, 11) is 4.69. The predicted molar refractivity (Wildman–Crippen MR) is 134 cm³/mol. The highest BCUT2D eigenvalue weighted by Crippen LogP contribution is 2.41. The molecule has 194 valence electrons. The van der Waals surface area contributed by atoms with Crippen LogP contribution in [0.2, 0.25) is 0 Å². The number of nitrogens with one attached hydrogen (secondary N) is 1. The Morgan fingerprint density at radius 3 is 2.43 bits per heavy atom. The largest absolute Gasteiger partial charge is 0.493 e. The lowest BCUT2D eigenvalue weighted by atomic mass is 10.0. The molecule has 0 spiro atoms. The Morgan fingerprint density at radius 1 is 1.05 bits per heavy atom. The van der Waals surface area contributed by atoms with Gasteiger partial charge in [-0.1, -0.05) is 0 Å². The quantitative estimate of drug-likeness (QED) is 0.409. The summed E-state index contributed by atoms with van der Waals surface area (Å²) in [5.74, 6) is 0.875. The van der Waals surface area contributed by atoms with Crippen LogP contribution in [0.4, 0.5) is 17.5 Å². The number of aromatic nitrogens is 2. The van der Waals surface area contributed by atoms with Crippen molar-refractivity contribution in [3.05, 3.63) is 47.0 Å². The number of carboxylic acids is 1. The Balaban J connectivity index is 1.40. The van der Waals surface area contributed by atoms with Crippen LogP contribution < -0.4 is 24.4 Å². The number of rotatable bonds is 9. The number of methoxy groups -OCH3 is 3. The zero-order valence-corrected chi connectivity index (χ0v) is 20.9. The summed E-state index contributed by atoms with van der Waals surface area (Å²) in [6.07, 6.45) is 3.31. The summed E-state index contributed by atoms with van der Waals surface area (Å²) in [5, 5.41) is 12.5. The molecular formula is C26H28N4O7. The number of fused-ring (bicyclic) bond motifs is 1. The zero-order chi connectivity index (χ0) is 26.1. The van der Waals surface area contributed by atoms with Crippen LogP contribution in [0, 0.1) is 5.92 Å². The lowest BCUT2D eigenvalue weighted by Gasteiger charge is -2.20. The fourth-order valence-electron chi connectivity index (χ4n) is 4.90. The Hall–Kier alpha value is -4.28. The van der Waals surface area contributed by atoms with Gasteiger partial charge in [0.15, 0.2) is 17.3 Å². The van der Waals surface area contributed by atoms with Crippen molar-refractivity contribution in [2.45, 2.75) is 25.7 Å². The molecule has 37 heavy (non-hydrogen) atoms. The molecule has 0 radical (unpaired) electrons. The monoisotopic (exact) mass is 508 g/mol. The minimum absolute atomic E-state index is 0.0591. The van der Waals surface area contributed by atoms with E-state index in [4.69, 9.17) is 33.7 Å². The summed E-state index contributed by atoms with van der Waals surface area (Å²) in [6, 6.07) is 6.36. The number of ether oxygens (including phenoxy) is 3. The van der Waals surface area contributed by atoms with Crippen LogP contribution in [-0.2, 0) is 12.8 Å². The van der Waals surface area contributed by atoms with Crippen LogP contribution in [0.5, 0.6) is 17.2 Å². The molecule has 1 atom stereocenters. The summed E-state index contributed by atoms with van der Waals surface area (Å²) in [4.78, 5) is 35.7. The van der Waals surface area contributed by atoms with Gasteiger partial charge >= 0.3 is 5.97 Å². The van der Waals surface area contributed by atoms with E-state index in [0.29, 0.717) is 48.5 Å². The molecule has 11 heteroatoms. The number of aryl methyl sites for hydroxylation is 1. The van der Waals surface area contributed by atoms with Crippen molar-refractivity contribution in [2.75, 3.05) is 44.6 Å². The molecule has 2 aliphatic rings. The molecule has 3 aromatic rings. The maximum absolute atomic E-state index is 12.9. The maximum Gasteiger partial charge on any atom is 0.371 e. The predicted octanol–water partition coefficient (Wildman–Crippen LogP) is 3.74. The first kappa shape index (κ1) is 24.4. The van der Waals surface area contributed by atoms with Crippen LogP contribution in [0.1, 0.15) is 45.2 Å². The van der Waals surface area contributed by atoms with E-state index < -0.39 is 5.97 Å². The molecule has 5 rings (SSSR count). The highest BCUT2D eigenvalue weighted by Gasteiger charge is 2.33. The lowest BCUT2D eigenvalue weighted by Crippen LogP contribution is -2.25. The normalized spacial score (nSPS) is 16.4. The third-order valence-corrected chi connectivity index (χ3v) is 6.75. The van der Waals surface area contributed by atoms with Crippen molar-refractivity contribution in [3.63, 3.8) is 0 Å². The van der Waals surface area contributed by atoms with Gasteiger partial charge in [-0.05, 0) is 37.8 Å². The number of carboxylic acid groups (broad SMARTS) is 1. The first-order valence-corrected chi connectivity index (χ1v) is 12.0. The number of ketones is 1. The van der Waals surface area contributed by atoms with Gasteiger partial charge in [-0.15, -0.1) is 0 Å². The highest BCUT2D eigenvalue weighted by molar-refractivity contribution is 5.97. The van der Waals surface area contributed by atoms with E-state index in [0.717, 1.165) is 36.2 Å². The van der Waals surface area contributed by atoms with Gasteiger partial charge < -0.3 is 34.0 Å². The number of hydrogen-bond donors (Lipinski definition) is 2. The summed E-state index contributed by atoms with van der Waals surface area (Å²) < 4.78 is 21.6. The number of anilines is 3. The summed E-state index contributed by atoms with van der Waals surface area (Å²) in [6.45, 7) is 1.02. The minimum atomic E-state index is -1.20. The number of nitrogens with zero attached hydrogens (tertiary/aromatic N) is 3. The Kier molecular flexibility index (Phi) is 6.60. The van der Waals surface area contributed by atoms with Gasteiger partial charge in [0, 0.05) is 42.4 Å². The van der Waals surface area contributed by atoms with Gasteiger partial charge in [-0.2, -0.15) is 4.98 Å². The average Bonchev–Trinajstić information content (AvgIpc) is 3.68. The Morgan fingerprint density at radius 2 is 1.78 bits per heavy atom. The molecule has 2 aromatic heterocycles. The molecule has 1 saturated heterocycles. The number of carbonyl (C=O) groups is 2. The van der Waals surface area contributed by atoms with Crippen molar-refractivity contribution in [2.24, 2.45) is 5.92 Å². The molecule has 2 N–H and O–H groups in total. The molecule has 0 bridgehead atoms. The average molecular weight is 509 g/mol. The van der Waals surface area contributed by atoms with E-state index >= 15 is 0 Å². The fourth-order valence-corrected chi connectivity index (χ4v) is 4.90. The molecule has 11 nitrogen and oxygen atoms in total. The molecule has 3 heterocycles.